The highest BCUT2D eigenvalue weighted by atomic mass is 16.5. The molecule has 0 aliphatic carbocycles. The third-order valence-electron chi connectivity index (χ3n) is 2.42. The predicted molar refractivity (Wildman–Crippen MR) is 51.6 cm³/mol. The summed E-state index contributed by atoms with van der Waals surface area (Å²) in [5, 5.41) is 0. The van der Waals surface area contributed by atoms with E-state index in [1.165, 1.54) is 0 Å². The maximum Gasteiger partial charge on any atom is 0.241 e. The minimum atomic E-state index is -0.176. The monoisotopic (exact) mass is 192 g/mol. The first-order valence-electron chi connectivity index (χ1n) is 4.55. The van der Waals surface area contributed by atoms with E-state index in [0.717, 1.165) is 11.3 Å². The number of ether oxygens (including phenoxy) is 1. The van der Waals surface area contributed by atoms with Crippen molar-refractivity contribution in [2.45, 2.75) is 12.3 Å². The van der Waals surface area contributed by atoms with Gasteiger partial charge in [-0.1, -0.05) is 18.2 Å². The molecule has 0 bridgehead atoms. The van der Waals surface area contributed by atoms with Crippen LogP contribution in [0.25, 0.3) is 0 Å². The Morgan fingerprint density at radius 2 is 2.29 bits per heavy atom. The molecule has 0 radical (unpaired) electrons. The number of amides is 1. The lowest BCUT2D eigenvalue weighted by Crippen LogP contribution is -2.36. The van der Waals surface area contributed by atoms with Crippen molar-refractivity contribution < 1.29 is 9.53 Å². The molecular weight excluding hydrogens is 180 g/mol. The van der Waals surface area contributed by atoms with Crippen molar-refractivity contribution in [3.05, 3.63) is 29.8 Å². The Labute approximate surface area is 82.0 Å². The molecule has 2 rings (SSSR count). The highest BCUT2D eigenvalue weighted by Crippen LogP contribution is 2.33. The van der Waals surface area contributed by atoms with Crippen LogP contribution in [0.2, 0.25) is 0 Å². The minimum Gasteiger partial charge on any atom is -0.493 e. The van der Waals surface area contributed by atoms with E-state index in [2.05, 4.69) is 5.43 Å². The van der Waals surface area contributed by atoms with Gasteiger partial charge in [-0.3, -0.25) is 10.2 Å². The average molecular weight is 192 g/mol. The second-order valence-electron chi connectivity index (χ2n) is 3.24. The third-order valence-corrected chi connectivity index (χ3v) is 2.42. The molecule has 0 spiro atoms. The van der Waals surface area contributed by atoms with Gasteiger partial charge in [0, 0.05) is 5.56 Å². The van der Waals surface area contributed by atoms with E-state index in [1.54, 1.807) is 0 Å². The molecule has 1 aromatic carbocycles. The zero-order valence-electron chi connectivity index (χ0n) is 7.69. The predicted octanol–water partition coefficient (Wildman–Crippen LogP) is 0.543. The van der Waals surface area contributed by atoms with E-state index in [0.29, 0.717) is 13.0 Å². The van der Waals surface area contributed by atoms with Crippen molar-refractivity contribution in [3.63, 3.8) is 0 Å². The smallest absolute Gasteiger partial charge is 0.241 e. The van der Waals surface area contributed by atoms with Gasteiger partial charge in [-0.25, -0.2) is 5.84 Å². The molecule has 1 unspecified atom stereocenters. The molecule has 0 fully saturated rings. The van der Waals surface area contributed by atoms with Crippen molar-refractivity contribution in [1.82, 2.24) is 5.43 Å². The van der Waals surface area contributed by atoms with E-state index >= 15 is 0 Å². The van der Waals surface area contributed by atoms with Gasteiger partial charge in [0.2, 0.25) is 5.91 Å². The van der Waals surface area contributed by atoms with Crippen LogP contribution in [0, 0.1) is 0 Å². The fraction of sp³-hybridized carbons (Fsp3) is 0.300. The molecule has 1 amide bonds. The molecule has 1 aromatic rings. The summed E-state index contributed by atoms with van der Waals surface area (Å²) in [4.78, 5) is 11.4. The molecule has 1 heterocycles. The summed E-state index contributed by atoms with van der Waals surface area (Å²) in [6.45, 7) is 0.565. The quantitative estimate of drug-likeness (QED) is 0.388. The number of hydrazine groups is 1. The molecular formula is C10H12N2O2. The number of rotatable bonds is 1. The molecule has 0 saturated carbocycles. The summed E-state index contributed by atoms with van der Waals surface area (Å²) in [7, 11) is 0. The summed E-state index contributed by atoms with van der Waals surface area (Å²) in [6.07, 6.45) is 0.681. The van der Waals surface area contributed by atoms with Crippen LogP contribution in [0.1, 0.15) is 17.9 Å². The Kier molecular flexibility index (Phi) is 2.37. The Balaban J connectivity index is 2.35. The number of hydrogen-bond donors (Lipinski definition) is 2. The van der Waals surface area contributed by atoms with Crippen molar-refractivity contribution in [2.75, 3.05) is 6.61 Å². The third kappa shape index (κ3) is 1.44. The Bertz CT molecular complexity index is 352. The van der Waals surface area contributed by atoms with Crippen LogP contribution >= 0.6 is 0 Å². The van der Waals surface area contributed by atoms with Crippen LogP contribution in [-0.2, 0) is 4.79 Å². The van der Waals surface area contributed by atoms with E-state index in [9.17, 15) is 4.79 Å². The maximum absolute atomic E-state index is 11.4. The second kappa shape index (κ2) is 3.67. The first-order chi connectivity index (χ1) is 6.83. The van der Waals surface area contributed by atoms with Crippen LogP contribution in [-0.4, -0.2) is 12.5 Å². The number of nitrogens with one attached hydrogen (secondary N) is 1. The number of carbonyl (C=O) groups is 1. The van der Waals surface area contributed by atoms with Gasteiger partial charge in [-0.05, 0) is 12.5 Å². The van der Waals surface area contributed by atoms with E-state index in [1.807, 2.05) is 24.3 Å². The van der Waals surface area contributed by atoms with Crippen LogP contribution in [0.5, 0.6) is 5.75 Å². The molecule has 74 valence electrons. The summed E-state index contributed by atoms with van der Waals surface area (Å²) in [5.41, 5.74) is 3.10. The molecule has 1 aliphatic heterocycles. The van der Waals surface area contributed by atoms with Gasteiger partial charge < -0.3 is 4.74 Å². The normalized spacial score (nSPS) is 19.4. The molecule has 4 nitrogen and oxygen atoms in total. The number of fused-ring (bicyclic) bond motifs is 1. The van der Waals surface area contributed by atoms with E-state index in [4.69, 9.17) is 10.6 Å². The van der Waals surface area contributed by atoms with Crippen molar-refractivity contribution in [1.29, 1.82) is 0 Å². The fourth-order valence-electron chi connectivity index (χ4n) is 1.72. The van der Waals surface area contributed by atoms with Gasteiger partial charge in [-0.2, -0.15) is 0 Å². The lowest BCUT2D eigenvalue weighted by Gasteiger charge is -2.24. The fourth-order valence-corrected chi connectivity index (χ4v) is 1.72. The van der Waals surface area contributed by atoms with Crippen molar-refractivity contribution in [2.24, 2.45) is 5.84 Å². The average Bonchev–Trinajstić information content (AvgIpc) is 2.27. The molecule has 3 N–H and O–H groups in total. The molecule has 1 atom stereocenters. The highest BCUT2D eigenvalue weighted by Gasteiger charge is 2.26. The number of nitrogens with two attached hydrogens (primary N) is 1. The zero-order chi connectivity index (χ0) is 9.97. The molecule has 0 aromatic heterocycles. The van der Waals surface area contributed by atoms with Crippen molar-refractivity contribution >= 4 is 5.91 Å². The number of para-hydroxylation sites is 1. The Morgan fingerprint density at radius 1 is 1.50 bits per heavy atom. The lowest BCUT2D eigenvalue weighted by molar-refractivity contribution is -0.123. The number of carbonyl (C=O) groups excluding carboxylic acids is 1. The van der Waals surface area contributed by atoms with E-state index < -0.39 is 0 Å². The van der Waals surface area contributed by atoms with Gasteiger partial charge in [0.1, 0.15) is 5.75 Å². The van der Waals surface area contributed by atoms with Crippen LogP contribution in [0.15, 0.2) is 24.3 Å². The molecule has 1 aliphatic rings. The summed E-state index contributed by atoms with van der Waals surface area (Å²) in [5.74, 6) is 5.58. The Morgan fingerprint density at radius 3 is 3.07 bits per heavy atom. The van der Waals surface area contributed by atoms with Gasteiger partial charge in [0.15, 0.2) is 0 Å². The minimum absolute atomic E-state index is 0.152. The molecule has 14 heavy (non-hydrogen) atoms. The van der Waals surface area contributed by atoms with Gasteiger partial charge in [0.25, 0.3) is 0 Å². The molecule has 0 saturated heterocycles. The van der Waals surface area contributed by atoms with Crippen LogP contribution in [0.3, 0.4) is 0 Å². The topological polar surface area (TPSA) is 64.3 Å². The Hall–Kier alpha value is -1.55. The van der Waals surface area contributed by atoms with Gasteiger partial charge in [-0.15, -0.1) is 0 Å². The highest BCUT2D eigenvalue weighted by molar-refractivity contribution is 5.84. The number of hydrogen-bond acceptors (Lipinski definition) is 3. The first-order valence-corrected chi connectivity index (χ1v) is 4.55. The summed E-state index contributed by atoms with van der Waals surface area (Å²) in [6, 6.07) is 7.55. The second-order valence-corrected chi connectivity index (χ2v) is 3.24. The first kappa shape index (κ1) is 9.02. The van der Waals surface area contributed by atoms with Crippen molar-refractivity contribution in [3.8, 4) is 5.75 Å². The van der Waals surface area contributed by atoms with Gasteiger partial charge >= 0.3 is 0 Å². The van der Waals surface area contributed by atoms with Crippen LogP contribution in [0.4, 0.5) is 0 Å². The maximum atomic E-state index is 11.4. The zero-order valence-corrected chi connectivity index (χ0v) is 7.69. The standard InChI is InChI=1S/C10H12N2O2/c11-12-10(13)8-5-6-14-9-4-2-1-3-7(8)9/h1-4,8H,5-6,11H2,(H,12,13). The van der Waals surface area contributed by atoms with E-state index in [-0.39, 0.29) is 11.8 Å². The number of benzene rings is 1. The summed E-state index contributed by atoms with van der Waals surface area (Å²) >= 11 is 0. The summed E-state index contributed by atoms with van der Waals surface area (Å²) < 4.78 is 5.43. The molecule has 4 heteroatoms. The van der Waals surface area contributed by atoms with Crippen LogP contribution < -0.4 is 16.0 Å². The van der Waals surface area contributed by atoms with Gasteiger partial charge in [0.05, 0.1) is 12.5 Å². The largest absolute Gasteiger partial charge is 0.493 e. The lowest BCUT2D eigenvalue weighted by atomic mass is 9.93. The SMILES string of the molecule is NNC(=O)C1CCOc2ccccc21.